The van der Waals surface area contributed by atoms with Crippen molar-refractivity contribution in [1.29, 1.82) is 0 Å². The van der Waals surface area contributed by atoms with E-state index in [0.717, 1.165) is 18.4 Å². The van der Waals surface area contributed by atoms with Crippen LogP contribution in [0.25, 0.3) is 0 Å². The number of halogens is 2. The van der Waals surface area contributed by atoms with Crippen LogP contribution in [0, 0.1) is 0 Å². The maximum absolute atomic E-state index is 10.1. The summed E-state index contributed by atoms with van der Waals surface area (Å²) >= 11 is 6.76. The monoisotopic (exact) mass is 380 g/mol. The third-order valence-electron chi connectivity index (χ3n) is 2.44. The Bertz CT molecular complexity index is 386. The SMILES string of the molecule is CCCc1c(OCC)c(Br)c(O)c(Br)c1OCC. The largest absolute Gasteiger partial charge is 0.505 e. The second-order valence-corrected chi connectivity index (χ2v) is 5.32. The smallest absolute Gasteiger partial charge is 0.151 e. The van der Waals surface area contributed by atoms with Crippen LogP contribution in [0.1, 0.15) is 32.8 Å². The van der Waals surface area contributed by atoms with E-state index in [1.54, 1.807) is 0 Å². The minimum Gasteiger partial charge on any atom is -0.505 e. The Kier molecular flexibility index (Phi) is 6.29. The Balaban J connectivity index is 3.46. The summed E-state index contributed by atoms with van der Waals surface area (Å²) in [6.45, 7) is 7.02. The van der Waals surface area contributed by atoms with Crippen LogP contribution >= 0.6 is 31.9 Å². The summed E-state index contributed by atoms with van der Waals surface area (Å²) in [7, 11) is 0. The van der Waals surface area contributed by atoms with E-state index in [-0.39, 0.29) is 5.75 Å². The molecule has 0 aliphatic carbocycles. The van der Waals surface area contributed by atoms with Gasteiger partial charge in [-0.15, -0.1) is 0 Å². The quantitative estimate of drug-likeness (QED) is 0.778. The molecule has 0 radical (unpaired) electrons. The van der Waals surface area contributed by atoms with E-state index in [4.69, 9.17) is 9.47 Å². The lowest BCUT2D eigenvalue weighted by atomic mass is 10.1. The molecule has 1 rings (SSSR count). The van der Waals surface area contributed by atoms with Crippen LogP contribution in [0.3, 0.4) is 0 Å². The number of benzene rings is 1. The highest BCUT2D eigenvalue weighted by molar-refractivity contribution is 9.11. The molecule has 3 nitrogen and oxygen atoms in total. The number of hydrogen-bond acceptors (Lipinski definition) is 3. The van der Waals surface area contributed by atoms with E-state index in [2.05, 4.69) is 38.8 Å². The zero-order chi connectivity index (χ0) is 13.7. The fourth-order valence-electron chi connectivity index (χ4n) is 1.75. The van der Waals surface area contributed by atoms with Gasteiger partial charge in [0.1, 0.15) is 20.4 Å². The molecule has 5 heteroatoms. The molecule has 18 heavy (non-hydrogen) atoms. The van der Waals surface area contributed by atoms with Gasteiger partial charge in [-0.25, -0.2) is 0 Å². The minimum atomic E-state index is 0.113. The van der Waals surface area contributed by atoms with E-state index in [9.17, 15) is 5.11 Å². The second-order valence-electron chi connectivity index (χ2n) is 3.73. The zero-order valence-electron chi connectivity index (χ0n) is 10.8. The number of ether oxygens (including phenoxy) is 2. The van der Waals surface area contributed by atoms with E-state index in [0.29, 0.717) is 33.7 Å². The molecule has 0 spiro atoms. The zero-order valence-corrected chi connectivity index (χ0v) is 14.0. The summed E-state index contributed by atoms with van der Waals surface area (Å²) in [4.78, 5) is 0. The summed E-state index contributed by atoms with van der Waals surface area (Å²) in [5.74, 6) is 1.45. The average molecular weight is 382 g/mol. The second kappa shape index (κ2) is 7.24. The molecule has 0 saturated heterocycles. The van der Waals surface area contributed by atoms with Crippen molar-refractivity contribution in [2.24, 2.45) is 0 Å². The summed E-state index contributed by atoms with van der Waals surface area (Å²) in [5, 5.41) is 10.1. The fraction of sp³-hybridized carbons (Fsp3) is 0.538. The number of rotatable bonds is 6. The Labute approximate surface area is 125 Å². The first kappa shape index (κ1) is 15.6. The van der Waals surface area contributed by atoms with Crippen LogP contribution < -0.4 is 9.47 Å². The molecule has 0 heterocycles. The molecule has 0 bridgehead atoms. The normalized spacial score (nSPS) is 10.5. The molecule has 0 amide bonds. The lowest BCUT2D eigenvalue weighted by molar-refractivity contribution is 0.308. The van der Waals surface area contributed by atoms with Gasteiger partial charge in [0.15, 0.2) is 5.75 Å². The van der Waals surface area contributed by atoms with Crippen LogP contribution in [-0.2, 0) is 6.42 Å². The molecule has 0 unspecified atom stereocenters. The lowest BCUT2D eigenvalue weighted by Crippen LogP contribution is -2.04. The third kappa shape index (κ3) is 3.12. The molecular formula is C13H18Br2O3. The van der Waals surface area contributed by atoms with E-state index >= 15 is 0 Å². The number of phenols is 1. The van der Waals surface area contributed by atoms with Crippen molar-refractivity contribution in [3.63, 3.8) is 0 Å². The standard InChI is InChI=1S/C13H18Br2O3/c1-4-7-8-12(17-5-2)9(14)11(16)10(15)13(8)18-6-3/h16H,4-7H2,1-3H3. The molecule has 1 aromatic carbocycles. The highest BCUT2D eigenvalue weighted by atomic mass is 79.9. The van der Waals surface area contributed by atoms with Gasteiger partial charge in [0, 0.05) is 5.56 Å². The van der Waals surface area contributed by atoms with E-state index in [1.165, 1.54) is 0 Å². The first-order valence-corrected chi connectivity index (χ1v) is 7.65. The molecule has 0 fully saturated rings. The van der Waals surface area contributed by atoms with Gasteiger partial charge in [-0.2, -0.15) is 0 Å². The molecule has 0 aliphatic heterocycles. The first-order chi connectivity index (χ1) is 8.58. The molecule has 0 atom stereocenters. The van der Waals surface area contributed by atoms with Crippen molar-refractivity contribution in [2.45, 2.75) is 33.6 Å². The highest BCUT2D eigenvalue weighted by Gasteiger charge is 2.22. The Morgan fingerprint density at radius 1 is 0.944 bits per heavy atom. The predicted molar refractivity (Wildman–Crippen MR) is 79.8 cm³/mol. The highest BCUT2D eigenvalue weighted by Crippen LogP contribution is 2.49. The summed E-state index contributed by atoms with van der Waals surface area (Å²) in [5.41, 5.74) is 0.984. The van der Waals surface area contributed by atoms with E-state index < -0.39 is 0 Å². The van der Waals surface area contributed by atoms with Crippen LogP contribution in [-0.4, -0.2) is 18.3 Å². The predicted octanol–water partition coefficient (Wildman–Crippen LogP) is 4.67. The molecule has 1 N–H and O–H groups in total. The molecular weight excluding hydrogens is 364 g/mol. The van der Waals surface area contributed by atoms with Crippen molar-refractivity contribution >= 4 is 31.9 Å². The molecule has 102 valence electrons. The van der Waals surface area contributed by atoms with Crippen LogP contribution in [0.5, 0.6) is 17.2 Å². The maximum atomic E-state index is 10.1. The van der Waals surface area contributed by atoms with Gasteiger partial charge in [-0.3, -0.25) is 0 Å². The van der Waals surface area contributed by atoms with Crippen molar-refractivity contribution in [3.8, 4) is 17.2 Å². The van der Waals surface area contributed by atoms with Gasteiger partial charge in [0.25, 0.3) is 0 Å². The van der Waals surface area contributed by atoms with Gasteiger partial charge in [0.05, 0.1) is 13.2 Å². The molecule has 0 saturated carbocycles. The van der Waals surface area contributed by atoms with Crippen molar-refractivity contribution in [1.82, 2.24) is 0 Å². The summed E-state index contributed by atoms with van der Waals surface area (Å²) < 4.78 is 12.4. The van der Waals surface area contributed by atoms with Crippen molar-refractivity contribution in [2.75, 3.05) is 13.2 Å². The number of phenolic OH excluding ortho intramolecular Hbond substituents is 1. The van der Waals surface area contributed by atoms with Gasteiger partial charge in [-0.1, -0.05) is 13.3 Å². The first-order valence-electron chi connectivity index (χ1n) is 6.06. The Hall–Kier alpha value is -0.420. The molecule has 1 aromatic rings. The number of hydrogen-bond donors (Lipinski definition) is 1. The molecule has 0 aromatic heterocycles. The molecule has 0 aliphatic rings. The third-order valence-corrected chi connectivity index (χ3v) is 3.91. The van der Waals surface area contributed by atoms with Crippen molar-refractivity contribution in [3.05, 3.63) is 14.5 Å². The van der Waals surface area contributed by atoms with Gasteiger partial charge >= 0.3 is 0 Å². The number of aromatic hydroxyl groups is 1. The summed E-state index contributed by atoms with van der Waals surface area (Å²) in [6, 6.07) is 0. The summed E-state index contributed by atoms with van der Waals surface area (Å²) in [6.07, 6.45) is 1.81. The Morgan fingerprint density at radius 2 is 1.39 bits per heavy atom. The van der Waals surface area contributed by atoms with Crippen LogP contribution in [0.4, 0.5) is 0 Å². The average Bonchev–Trinajstić information content (AvgIpc) is 2.36. The van der Waals surface area contributed by atoms with Crippen molar-refractivity contribution < 1.29 is 14.6 Å². The van der Waals surface area contributed by atoms with Crippen LogP contribution in [0.2, 0.25) is 0 Å². The topological polar surface area (TPSA) is 38.7 Å². The van der Waals surface area contributed by atoms with Gasteiger partial charge in [-0.05, 0) is 52.1 Å². The van der Waals surface area contributed by atoms with Crippen LogP contribution in [0.15, 0.2) is 8.95 Å². The van der Waals surface area contributed by atoms with Gasteiger partial charge in [0.2, 0.25) is 0 Å². The Morgan fingerprint density at radius 3 is 1.72 bits per heavy atom. The maximum Gasteiger partial charge on any atom is 0.151 e. The minimum absolute atomic E-state index is 0.113. The lowest BCUT2D eigenvalue weighted by Gasteiger charge is -2.19. The van der Waals surface area contributed by atoms with Gasteiger partial charge < -0.3 is 14.6 Å². The van der Waals surface area contributed by atoms with E-state index in [1.807, 2.05) is 13.8 Å². The fourth-order valence-corrected chi connectivity index (χ4v) is 3.12.